The Balaban J connectivity index is 2.83. The van der Waals surface area contributed by atoms with E-state index < -0.39 is 0 Å². The Hall–Kier alpha value is -1.71. The molecule has 2 nitrogen and oxygen atoms in total. The topological polar surface area (TPSA) is 40.9 Å². The van der Waals surface area contributed by atoms with Crippen molar-refractivity contribution in [2.45, 2.75) is 13.8 Å². The van der Waals surface area contributed by atoms with Crippen LogP contribution in [0.25, 0.3) is 0 Å². The lowest BCUT2D eigenvalue weighted by atomic mass is 10.1. The van der Waals surface area contributed by atoms with Gasteiger partial charge in [0, 0.05) is 12.5 Å². The van der Waals surface area contributed by atoms with Gasteiger partial charge in [-0.15, -0.1) is 0 Å². The molecule has 0 amide bonds. The average Bonchev–Trinajstić information content (AvgIpc) is 2.24. The molecule has 16 heavy (non-hydrogen) atoms. The van der Waals surface area contributed by atoms with E-state index >= 15 is 0 Å². The first-order valence-corrected chi connectivity index (χ1v) is 5.75. The molecule has 0 unspecified atom stereocenters. The van der Waals surface area contributed by atoms with Gasteiger partial charge in [0.25, 0.3) is 0 Å². The molecule has 0 saturated heterocycles. The summed E-state index contributed by atoms with van der Waals surface area (Å²) in [6.07, 6.45) is 0. The number of nitriles is 1. The number of carbonyl (C=O) groups is 1. The van der Waals surface area contributed by atoms with Crippen molar-refractivity contribution in [3.63, 3.8) is 0 Å². The molecule has 0 spiro atoms. The molecule has 1 aromatic carbocycles. The molecule has 0 aliphatic carbocycles. The minimum atomic E-state index is 0.0547. The standard InChI is InChI=1S/C13H11NOS/c1-10-5-6-13(9-14)12(8-10)4-3-7-16-11(2)15/h5-6,8H,7H2,1-2H3. The Bertz CT molecular complexity index is 503. The van der Waals surface area contributed by atoms with E-state index in [1.165, 1.54) is 18.7 Å². The number of nitrogens with zero attached hydrogens (tertiary/aromatic N) is 1. The highest BCUT2D eigenvalue weighted by atomic mass is 32.2. The van der Waals surface area contributed by atoms with E-state index in [9.17, 15) is 4.79 Å². The third-order valence-electron chi connectivity index (χ3n) is 1.87. The number of aryl methyl sites for hydroxylation is 1. The maximum Gasteiger partial charge on any atom is 0.186 e. The largest absolute Gasteiger partial charge is 0.288 e. The number of hydrogen-bond donors (Lipinski definition) is 0. The summed E-state index contributed by atoms with van der Waals surface area (Å²) in [6, 6.07) is 7.62. The minimum absolute atomic E-state index is 0.0547. The second-order valence-corrected chi connectivity index (χ2v) is 4.40. The summed E-state index contributed by atoms with van der Waals surface area (Å²) in [5.41, 5.74) is 2.38. The van der Waals surface area contributed by atoms with Crippen LogP contribution in [0.4, 0.5) is 0 Å². The molecule has 1 aromatic rings. The minimum Gasteiger partial charge on any atom is -0.288 e. The second-order valence-electron chi connectivity index (χ2n) is 3.24. The van der Waals surface area contributed by atoms with Gasteiger partial charge >= 0.3 is 0 Å². The van der Waals surface area contributed by atoms with Crippen LogP contribution in [0.5, 0.6) is 0 Å². The van der Waals surface area contributed by atoms with Gasteiger partial charge in [0.1, 0.15) is 6.07 Å². The van der Waals surface area contributed by atoms with Gasteiger partial charge in [0.15, 0.2) is 5.12 Å². The first-order chi connectivity index (χ1) is 7.63. The van der Waals surface area contributed by atoms with Crippen molar-refractivity contribution in [2.24, 2.45) is 0 Å². The van der Waals surface area contributed by atoms with Crippen LogP contribution in [0.3, 0.4) is 0 Å². The molecule has 0 atom stereocenters. The molecule has 0 aliphatic rings. The summed E-state index contributed by atoms with van der Waals surface area (Å²) in [7, 11) is 0. The van der Waals surface area contributed by atoms with Crippen LogP contribution >= 0.6 is 11.8 Å². The Morgan fingerprint density at radius 1 is 1.44 bits per heavy atom. The highest BCUT2D eigenvalue weighted by Gasteiger charge is 1.98. The van der Waals surface area contributed by atoms with Crippen LogP contribution in [-0.4, -0.2) is 10.9 Å². The first kappa shape index (κ1) is 12.4. The lowest BCUT2D eigenvalue weighted by Crippen LogP contribution is -1.86. The van der Waals surface area contributed by atoms with Gasteiger partial charge in [0.2, 0.25) is 0 Å². The summed E-state index contributed by atoms with van der Waals surface area (Å²) >= 11 is 1.17. The predicted octanol–water partition coefficient (Wildman–Crippen LogP) is 2.50. The van der Waals surface area contributed by atoms with Gasteiger partial charge in [-0.25, -0.2) is 0 Å². The fourth-order valence-corrected chi connectivity index (χ4v) is 1.48. The van der Waals surface area contributed by atoms with Crippen molar-refractivity contribution < 1.29 is 4.79 Å². The van der Waals surface area contributed by atoms with E-state index in [1.807, 2.05) is 19.1 Å². The summed E-state index contributed by atoms with van der Waals surface area (Å²) < 4.78 is 0. The van der Waals surface area contributed by atoms with E-state index in [1.54, 1.807) is 6.07 Å². The van der Waals surface area contributed by atoms with Crippen LogP contribution in [0.2, 0.25) is 0 Å². The molecule has 0 aromatic heterocycles. The maximum absolute atomic E-state index is 10.7. The molecular formula is C13H11NOS. The smallest absolute Gasteiger partial charge is 0.186 e. The molecule has 0 heterocycles. The highest BCUT2D eigenvalue weighted by molar-refractivity contribution is 8.13. The molecule has 3 heteroatoms. The zero-order chi connectivity index (χ0) is 12.0. The van der Waals surface area contributed by atoms with E-state index in [0.29, 0.717) is 11.3 Å². The predicted molar refractivity (Wildman–Crippen MR) is 65.9 cm³/mol. The van der Waals surface area contributed by atoms with Crippen LogP contribution < -0.4 is 0 Å². The molecule has 0 N–H and O–H groups in total. The quantitative estimate of drug-likeness (QED) is 0.695. The Morgan fingerprint density at radius 2 is 2.19 bits per heavy atom. The SMILES string of the molecule is CC(=O)SCC#Cc1cc(C)ccc1C#N. The number of hydrogen-bond acceptors (Lipinski definition) is 3. The lowest BCUT2D eigenvalue weighted by molar-refractivity contribution is -0.109. The van der Waals surface area contributed by atoms with Gasteiger partial charge in [-0.2, -0.15) is 5.26 Å². The molecule has 0 saturated carbocycles. The average molecular weight is 229 g/mol. The fourth-order valence-electron chi connectivity index (χ4n) is 1.13. The van der Waals surface area contributed by atoms with Crippen molar-refractivity contribution in [1.82, 2.24) is 0 Å². The van der Waals surface area contributed by atoms with Crippen molar-refractivity contribution in [2.75, 3.05) is 5.75 Å². The Kier molecular flexibility index (Phi) is 4.64. The van der Waals surface area contributed by atoms with Gasteiger partial charge < -0.3 is 0 Å². The summed E-state index contributed by atoms with van der Waals surface area (Å²) in [6.45, 7) is 3.47. The normalized spacial score (nSPS) is 8.81. The van der Waals surface area contributed by atoms with Gasteiger partial charge in [-0.3, -0.25) is 4.79 Å². The monoisotopic (exact) mass is 229 g/mol. The molecule has 0 fully saturated rings. The number of carbonyl (C=O) groups excluding carboxylic acids is 1. The summed E-state index contributed by atoms with van der Waals surface area (Å²) in [5, 5.41) is 8.93. The molecule has 80 valence electrons. The third-order valence-corrected chi connectivity index (χ3v) is 2.56. The van der Waals surface area contributed by atoms with Gasteiger partial charge in [-0.05, 0) is 24.6 Å². The van der Waals surface area contributed by atoms with Crippen molar-refractivity contribution in [1.29, 1.82) is 5.26 Å². The van der Waals surface area contributed by atoms with E-state index in [2.05, 4.69) is 17.9 Å². The van der Waals surface area contributed by atoms with Gasteiger partial charge in [-0.1, -0.05) is 29.7 Å². The fraction of sp³-hybridized carbons (Fsp3) is 0.231. The van der Waals surface area contributed by atoms with Crippen molar-refractivity contribution >= 4 is 16.9 Å². The Labute approximate surface area is 99.7 Å². The number of rotatable bonds is 1. The molecule has 0 bridgehead atoms. The maximum atomic E-state index is 10.7. The lowest BCUT2D eigenvalue weighted by Gasteiger charge is -1.96. The van der Waals surface area contributed by atoms with Crippen LogP contribution in [0, 0.1) is 30.1 Å². The summed E-state index contributed by atoms with van der Waals surface area (Å²) in [4.78, 5) is 10.7. The second kappa shape index (κ2) is 6.00. The zero-order valence-electron chi connectivity index (χ0n) is 9.20. The van der Waals surface area contributed by atoms with E-state index in [4.69, 9.17) is 5.26 Å². The Morgan fingerprint density at radius 3 is 2.81 bits per heavy atom. The molecular weight excluding hydrogens is 218 g/mol. The first-order valence-electron chi connectivity index (χ1n) is 4.76. The highest BCUT2D eigenvalue weighted by Crippen LogP contribution is 2.09. The molecule has 0 aliphatic heterocycles. The van der Waals surface area contributed by atoms with Crippen molar-refractivity contribution in [3.8, 4) is 17.9 Å². The van der Waals surface area contributed by atoms with Crippen LogP contribution in [0.15, 0.2) is 18.2 Å². The van der Waals surface area contributed by atoms with Gasteiger partial charge in [0.05, 0.1) is 11.3 Å². The number of thioether (sulfide) groups is 1. The zero-order valence-corrected chi connectivity index (χ0v) is 10.0. The van der Waals surface area contributed by atoms with Crippen LogP contribution in [0.1, 0.15) is 23.6 Å². The van der Waals surface area contributed by atoms with Crippen LogP contribution in [-0.2, 0) is 4.79 Å². The van der Waals surface area contributed by atoms with E-state index in [-0.39, 0.29) is 5.12 Å². The molecule has 0 radical (unpaired) electrons. The summed E-state index contributed by atoms with van der Waals surface area (Å²) in [5.74, 6) is 6.26. The number of benzene rings is 1. The third kappa shape index (κ3) is 3.81. The van der Waals surface area contributed by atoms with Crippen molar-refractivity contribution in [3.05, 3.63) is 34.9 Å². The molecule has 1 rings (SSSR count). The van der Waals surface area contributed by atoms with E-state index in [0.717, 1.165) is 11.1 Å².